The van der Waals surface area contributed by atoms with Crippen LogP contribution in [0.1, 0.15) is 42.5 Å². The minimum atomic E-state index is -0.419. The highest BCUT2D eigenvalue weighted by Gasteiger charge is 2.14. The number of rotatable bonds is 5. The van der Waals surface area contributed by atoms with Crippen LogP contribution in [0.15, 0.2) is 52.2 Å². The van der Waals surface area contributed by atoms with Gasteiger partial charge in [-0.2, -0.15) is 5.10 Å². The molecule has 1 aromatic heterocycles. The van der Waals surface area contributed by atoms with Crippen molar-refractivity contribution >= 4 is 18.0 Å². The lowest BCUT2D eigenvalue weighted by molar-refractivity contribution is -0.120. The van der Waals surface area contributed by atoms with Gasteiger partial charge in [0.05, 0.1) is 19.0 Å². The summed E-state index contributed by atoms with van der Waals surface area (Å²) < 4.78 is 5.03. The molecule has 0 spiro atoms. The van der Waals surface area contributed by atoms with Gasteiger partial charge >= 0.3 is 0 Å². The quantitative estimate of drug-likeness (QED) is 0.653. The van der Waals surface area contributed by atoms with Gasteiger partial charge in [-0.05, 0) is 35.2 Å². The maximum absolute atomic E-state index is 12.0. The third-order valence-corrected chi connectivity index (χ3v) is 3.35. The van der Waals surface area contributed by atoms with Gasteiger partial charge in [-0.3, -0.25) is 9.59 Å². The minimum absolute atomic E-state index is 0.0287. The van der Waals surface area contributed by atoms with Crippen molar-refractivity contribution in [1.29, 1.82) is 0 Å². The summed E-state index contributed by atoms with van der Waals surface area (Å²) in [5, 5.41) is 6.29. The van der Waals surface area contributed by atoms with Crippen LogP contribution in [-0.2, 0) is 10.2 Å². The monoisotopic (exact) mass is 327 g/mol. The number of carbonyl (C=O) groups excluding carboxylic acids is 2. The molecule has 0 aliphatic heterocycles. The van der Waals surface area contributed by atoms with E-state index in [1.54, 1.807) is 24.3 Å². The number of nitrogens with zero attached hydrogens (tertiary/aromatic N) is 1. The van der Waals surface area contributed by atoms with Gasteiger partial charge in [0.2, 0.25) is 0 Å². The molecule has 0 aliphatic rings. The Morgan fingerprint density at radius 3 is 2.46 bits per heavy atom. The van der Waals surface area contributed by atoms with E-state index in [1.165, 1.54) is 12.5 Å². The van der Waals surface area contributed by atoms with Gasteiger partial charge in [-0.1, -0.05) is 32.9 Å². The van der Waals surface area contributed by atoms with Crippen molar-refractivity contribution in [3.63, 3.8) is 0 Å². The first-order chi connectivity index (χ1) is 11.4. The molecule has 2 N–H and O–H groups in total. The molecule has 1 aromatic carbocycles. The Bertz CT molecular complexity index is 711. The molecular weight excluding hydrogens is 306 g/mol. The normalized spacial score (nSPS) is 11.5. The molecule has 6 nitrogen and oxygen atoms in total. The van der Waals surface area contributed by atoms with Crippen molar-refractivity contribution in [2.24, 2.45) is 5.10 Å². The van der Waals surface area contributed by atoms with Crippen LogP contribution in [0.5, 0.6) is 0 Å². The third-order valence-electron chi connectivity index (χ3n) is 3.35. The molecule has 1 heterocycles. The Balaban J connectivity index is 1.81. The fraction of sp³-hybridized carbons (Fsp3) is 0.278. The molecular formula is C18H21N3O3. The highest BCUT2D eigenvalue weighted by Crippen LogP contribution is 2.22. The van der Waals surface area contributed by atoms with E-state index < -0.39 is 5.91 Å². The SMILES string of the molecule is CC(C)(C)c1ccc(C(=O)NCC(=O)N/N=C/c2ccco2)cc1. The predicted octanol–water partition coefficient (Wildman–Crippen LogP) is 2.46. The van der Waals surface area contributed by atoms with Crippen molar-refractivity contribution in [3.8, 4) is 0 Å². The summed E-state index contributed by atoms with van der Waals surface area (Å²) >= 11 is 0. The number of furan rings is 1. The van der Waals surface area contributed by atoms with Crippen molar-refractivity contribution in [1.82, 2.24) is 10.7 Å². The van der Waals surface area contributed by atoms with E-state index in [0.29, 0.717) is 11.3 Å². The zero-order valence-corrected chi connectivity index (χ0v) is 14.0. The van der Waals surface area contributed by atoms with Crippen LogP contribution in [0.2, 0.25) is 0 Å². The molecule has 2 aromatic rings. The smallest absolute Gasteiger partial charge is 0.259 e. The van der Waals surface area contributed by atoms with E-state index in [0.717, 1.165) is 5.56 Å². The van der Waals surface area contributed by atoms with Crippen molar-refractivity contribution < 1.29 is 14.0 Å². The summed E-state index contributed by atoms with van der Waals surface area (Å²) in [5.74, 6) is -0.198. The van der Waals surface area contributed by atoms with E-state index in [9.17, 15) is 9.59 Å². The van der Waals surface area contributed by atoms with Crippen molar-refractivity contribution in [2.45, 2.75) is 26.2 Å². The lowest BCUT2D eigenvalue weighted by Crippen LogP contribution is -2.34. The third kappa shape index (κ3) is 5.08. The van der Waals surface area contributed by atoms with Gasteiger partial charge in [0.15, 0.2) is 0 Å². The van der Waals surface area contributed by atoms with Crippen molar-refractivity contribution in [2.75, 3.05) is 6.54 Å². The molecule has 0 saturated carbocycles. The molecule has 6 heteroatoms. The van der Waals surface area contributed by atoms with Crippen LogP contribution in [0.25, 0.3) is 0 Å². The number of hydrazone groups is 1. The second kappa shape index (κ2) is 7.59. The van der Waals surface area contributed by atoms with E-state index in [4.69, 9.17) is 4.42 Å². The van der Waals surface area contributed by atoms with E-state index >= 15 is 0 Å². The van der Waals surface area contributed by atoms with Gasteiger partial charge in [0.25, 0.3) is 11.8 Å². The number of nitrogens with one attached hydrogen (secondary N) is 2. The summed E-state index contributed by atoms with van der Waals surface area (Å²) in [6.07, 6.45) is 2.89. The number of benzene rings is 1. The molecule has 0 radical (unpaired) electrons. The molecule has 0 fully saturated rings. The number of hydrogen-bond donors (Lipinski definition) is 2. The van der Waals surface area contributed by atoms with Crippen LogP contribution in [0.3, 0.4) is 0 Å². The first-order valence-corrected chi connectivity index (χ1v) is 7.60. The molecule has 2 rings (SSSR count). The first kappa shape index (κ1) is 17.5. The molecule has 2 amide bonds. The average Bonchev–Trinajstić information content (AvgIpc) is 3.05. The topological polar surface area (TPSA) is 83.7 Å². The van der Waals surface area contributed by atoms with Gasteiger partial charge in [0, 0.05) is 5.56 Å². The zero-order chi connectivity index (χ0) is 17.6. The molecule has 0 bridgehead atoms. The minimum Gasteiger partial charge on any atom is -0.463 e. The van der Waals surface area contributed by atoms with E-state index in [-0.39, 0.29) is 17.9 Å². The number of carbonyl (C=O) groups is 2. The largest absolute Gasteiger partial charge is 0.463 e. The van der Waals surface area contributed by atoms with E-state index in [1.807, 2.05) is 12.1 Å². The number of hydrogen-bond acceptors (Lipinski definition) is 4. The van der Waals surface area contributed by atoms with Gasteiger partial charge in [0.1, 0.15) is 5.76 Å². The Kier molecular flexibility index (Phi) is 5.52. The number of amides is 2. The summed E-state index contributed by atoms with van der Waals surface area (Å²) in [5.41, 5.74) is 3.99. The summed E-state index contributed by atoms with van der Waals surface area (Å²) in [6.45, 7) is 6.16. The standard InChI is InChI=1S/C18H21N3O3/c1-18(2,3)14-8-6-13(7-9-14)17(23)19-12-16(22)21-20-11-15-5-4-10-24-15/h4-11H,12H2,1-3H3,(H,19,23)(H,21,22)/b20-11+. The highest BCUT2D eigenvalue weighted by atomic mass is 16.3. The fourth-order valence-electron chi connectivity index (χ4n) is 1.96. The Hall–Kier alpha value is -2.89. The van der Waals surface area contributed by atoms with Crippen LogP contribution >= 0.6 is 0 Å². The van der Waals surface area contributed by atoms with Gasteiger partial charge < -0.3 is 9.73 Å². The molecule has 0 atom stereocenters. The Labute approximate surface area is 140 Å². The second-order valence-electron chi connectivity index (χ2n) is 6.32. The summed E-state index contributed by atoms with van der Waals surface area (Å²) in [4.78, 5) is 23.6. The first-order valence-electron chi connectivity index (χ1n) is 7.60. The average molecular weight is 327 g/mol. The van der Waals surface area contributed by atoms with Crippen LogP contribution in [-0.4, -0.2) is 24.6 Å². The maximum atomic E-state index is 12.0. The zero-order valence-electron chi connectivity index (χ0n) is 14.0. The molecule has 126 valence electrons. The van der Waals surface area contributed by atoms with Crippen LogP contribution in [0.4, 0.5) is 0 Å². The Morgan fingerprint density at radius 2 is 1.88 bits per heavy atom. The summed E-state index contributed by atoms with van der Waals surface area (Å²) in [6, 6.07) is 10.8. The van der Waals surface area contributed by atoms with Gasteiger partial charge in [-0.15, -0.1) is 0 Å². The molecule has 0 aliphatic carbocycles. The second-order valence-corrected chi connectivity index (χ2v) is 6.32. The highest BCUT2D eigenvalue weighted by molar-refractivity contribution is 5.96. The molecule has 0 saturated heterocycles. The molecule has 0 unspecified atom stereocenters. The van der Waals surface area contributed by atoms with Crippen LogP contribution in [0, 0.1) is 0 Å². The summed E-state index contributed by atoms with van der Waals surface area (Å²) in [7, 11) is 0. The lowest BCUT2D eigenvalue weighted by Gasteiger charge is -2.19. The van der Waals surface area contributed by atoms with E-state index in [2.05, 4.69) is 36.6 Å². The molecule has 24 heavy (non-hydrogen) atoms. The van der Waals surface area contributed by atoms with Crippen molar-refractivity contribution in [3.05, 3.63) is 59.5 Å². The Morgan fingerprint density at radius 1 is 1.17 bits per heavy atom. The van der Waals surface area contributed by atoms with Crippen LogP contribution < -0.4 is 10.7 Å². The predicted molar refractivity (Wildman–Crippen MR) is 91.9 cm³/mol. The maximum Gasteiger partial charge on any atom is 0.259 e. The lowest BCUT2D eigenvalue weighted by atomic mass is 9.87. The fourth-order valence-corrected chi connectivity index (χ4v) is 1.96. The van der Waals surface area contributed by atoms with Gasteiger partial charge in [-0.25, -0.2) is 5.43 Å².